The maximum absolute atomic E-state index is 5.99. The summed E-state index contributed by atoms with van der Waals surface area (Å²) in [4.78, 5) is 20.0. The molecule has 1 saturated heterocycles. The molecule has 8 heteroatoms. The number of piperidine rings is 1. The zero-order valence-electron chi connectivity index (χ0n) is 17.5. The zero-order chi connectivity index (χ0) is 20.4. The molecule has 3 aromatic rings. The fourth-order valence-electron chi connectivity index (χ4n) is 3.74. The van der Waals surface area contributed by atoms with Gasteiger partial charge in [0, 0.05) is 36.2 Å². The van der Waals surface area contributed by atoms with Crippen molar-refractivity contribution < 1.29 is 4.74 Å². The second-order valence-corrected chi connectivity index (χ2v) is 7.75. The Labute approximate surface area is 171 Å². The average Bonchev–Trinajstić information content (AvgIpc) is 3.04. The Balaban J connectivity index is 1.34. The molecule has 0 radical (unpaired) electrons. The van der Waals surface area contributed by atoms with Gasteiger partial charge in [0.1, 0.15) is 6.33 Å². The third-order valence-corrected chi connectivity index (χ3v) is 5.19. The highest BCUT2D eigenvalue weighted by atomic mass is 16.5. The number of hydrogen-bond donors (Lipinski definition) is 0. The molecule has 4 rings (SSSR count). The van der Waals surface area contributed by atoms with Crippen LogP contribution >= 0.6 is 0 Å². The summed E-state index contributed by atoms with van der Waals surface area (Å²) < 4.78 is 7.80. The van der Waals surface area contributed by atoms with Crippen molar-refractivity contribution in [2.75, 3.05) is 24.6 Å². The summed E-state index contributed by atoms with van der Waals surface area (Å²) in [6, 6.07) is 5.87. The Morgan fingerprint density at radius 3 is 2.31 bits per heavy atom. The summed E-state index contributed by atoms with van der Waals surface area (Å²) in [5.74, 6) is 2.64. The molecule has 3 aromatic heterocycles. The molecule has 0 saturated carbocycles. The van der Waals surface area contributed by atoms with Crippen LogP contribution in [0.2, 0.25) is 0 Å². The SMILES string of the molecule is Cc1cc(C)nc(N2CCC(COc3cc(-n4nc(C)cc4C)ncn3)CC2)n1. The first-order valence-corrected chi connectivity index (χ1v) is 10.0. The highest BCUT2D eigenvalue weighted by Gasteiger charge is 2.22. The van der Waals surface area contributed by atoms with Crippen molar-refractivity contribution in [2.24, 2.45) is 5.92 Å². The van der Waals surface area contributed by atoms with Gasteiger partial charge in [-0.05, 0) is 58.6 Å². The van der Waals surface area contributed by atoms with Crippen molar-refractivity contribution in [3.8, 4) is 11.7 Å². The standard InChI is InChI=1S/C21H27N7O/c1-14-9-15(2)25-21(24-14)27-7-5-18(6-8-27)12-29-20-11-19(22-13-23-20)28-17(4)10-16(3)26-28/h9-11,13,18H,5-8,12H2,1-4H3. The van der Waals surface area contributed by atoms with Crippen LogP contribution in [0.25, 0.3) is 5.82 Å². The molecule has 0 bridgehead atoms. The van der Waals surface area contributed by atoms with E-state index in [0.29, 0.717) is 18.4 Å². The Morgan fingerprint density at radius 2 is 1.66 bits per heavy atom. The second-order valence-electron chi connectivity index (χ2n) is 7.75. The molecule has 1 fully saturated rings. The summed E-state index contributed by atoms with van der Waals surface area (Å²) >= 11 is 0. The summed E-state index contributed by atoms with van der Waals surface area (Å²) in [5, 5.41) is 4.47. The number of anilines is 1. The Bertz CT molecular complexity index is 972. The molecular weight excluding hydrogens is 366 g/mol. The van der Waals surface area contributed by atoms with E-state index in [0.717, 1.165) is 60.5 Å². The van der Waals surface area contributed by atoms with Crippen molar-refractivity contribution in [1.29, 1.82) is 0 Å². The molecule has 0 aromatic carbocycles. The van der Waals surface area contributed by atoms with E-state index < -0.39 is 0 Å². The van der Waals surface area contributed by atoms with Gasteiger partial charge in [0.25, 0.3) is 0 Å². The van der Waals surface area contributed by atoms with Gasteiger partial charge < -0.3 is 9.64 Å². The first-order valence-electron chi connectivity index (χ1n) is 10.0. The van der Waals surface area contributed by atoms with Gasteiger partial charge in [0.2, 0.25) is 11.8 Å². The molecule has 1 aliphatic heterocycles. The largest absolute Gasteiger partial charge is 0.477 e. The van der Waals surface area contributed by atoms with E-state index in [1.165, 1.54) is 6.33 Å². The fourth-order valence-corrected chi connectivity index (χ4v) is 3.74. The summed E-state index contributed by atoms with van der Waals surface area (Å²) in [7, 11) is 0. The molecule has 152 valence electrons. The summed E-state index contributed by atoms with van der Waals surface area (Å²) in [6.45, 7) is 10.5. The van der Waals surface area contributed by atoms with E-state index in [2.05, 4.69) is 29.9 Å². The Kier molecular flexibility index (Phi) is 5.42. The van der Waals surface area contributed by atoms with Gasteiger partial charge in [-0.2, -0.15) is 5.10 Å². The normalized spacial score (nSPS) is 15.0. The van der Waals surface area contributed by atoms with Gasteiger partial charge in [-0.15, -0.1) is 0 Å². The molecular formula is C21H27N7O. The molecule has 8 nitrogen and oxygen atoms in total. The number of aryl methyl sites for hydroxylation is 4. The third kappa shape index (κ3) is 4.52. The number of aromatic nitrogens is 6. The van der Waals surface area contributed by atoms with E-state index in [1.807, 2.05) is 50.6 Å². The van der Waals surface area contributed by atoms with Crippen LogP contribution in [0.5, 0.6) is 5.88 Å². The molecule has 0 atom stereocenters. The van der Waals surface area contributed by atoms with E-state index >= 15 is 0 Å². The average molecular weight is 393 g/mol. The van der Waals surface area contributed by atoms with Gasteiger partial charge in [-0.3, -0.25) is 0 Å². The van der Waals surface area contributed by atoms with Gasteiger partial charge in [-0.1, -0.05) is 0 Å². The van der Waals surface area contributed by atoms with Crippen LogP contribution in [0, 0.1) is 33.6 Å². The first kappa shape index (κ1) is 19.3. The Hall–Kier alpha value is -3.03. The smallest absolute Gasteiger partial charge is 0.225 e. The number of rotatable bonds is 5. The van der Waals surface area contributed by atoms with Crippen LogP contribution in [0.15, 0.2) is 24.5 Å². The molecule has 4 heterocycles. The predicted octanol–water partition coefficient (Wildman–Crippen LogP) is 2.98. The Morgan fingerprint density at radius 1 is 0.931 bits per heavy atom. The second kappa shape index (κ2) is 8.14. The van der Waals surface area contributed by atoms with Crippen LogP contribution in [0.4, 0.5) is 5.95 Å². The maximum Gasteiger partial charge on any atom is 0.225 e. The van der Waals surface area contributed by atoms with Gasteiger partial charge in [0.05, 0.1) is 12.3 Å². The number of nitrogens with zero attached hydrogens (tertiary/aromatic N) is 7. The summed E-state index contributed by atoms with van der Waals surface area (Å²) in [6.07, 6.45) is 3.62. The molecule has 1 aliphatic rings. The lowest BCUT2D eigenvalue weighted by Crippen LogP contribution is -2.36. The molecule has 0 N–H and O–H groups in total. The van der Waals surface area contributed by atoms with Crippen LogP contribution in [0.3, 0.4) is 0 Å². The lowest BCUT2D eigenvalue weighted by molar-refractivity contribution is 0.215. The van der Waals surface area contributed by atoms with Crippen LogP contribution in [-0.2, 0) is 0 Å². The van der Waals surface area contributed by atoms with Crippen LogP contribution < -0.4 is 9.64 Å². The van der Waals surface area contributed by atoms with E-state index in [4.69, 9.17) is 4.74 Å². The number of ether oxygens (including phenoxy) is 1. The van der Waals surface area contributed by atoms with E-state index in [1.54, 1.807) is 0 Å². The minimum Gasteiger partial charge on any atom is -0.477 e. The highest BCUT2D eigenvalue weighted by molar-refractivity contribution is 5.33. The van der Waals surface area contributed by atoms with Crippen LogP contribution in [0.1, 0.15) is 35.6 Å². The molecule has 29 heavy (non-hydrogen) atoms. The number of hydrogen-bond acceptors (Lipinski definition) is 7. The maximum atomic E-state index is 5.99. The fraction of sp³-hybridized carbons (Fsp3) is 0.476. The lowest BCUT2D eigenvalue weighted by Gasteiger charge is -2.32. The van der Waals surface area contributed by atoms with Gasteiger partial charge in [0.15, 0.2) is 5.82 Å². The molecule has 0 amide bonds. The minimum absolute atomic E-state index is 0.490. The lowest BCUT2D eigenvalue weighted by atomic mass is 9.98. The molecule has 0 aliphatic carbocycles. The van der Waals surface area contributed by atoms with Crippen molar-refractivity contribution in [2.45, 2.75) is 40.5 Å². The first-order chi connectivity index (χ1) is 14.0. The predicted molar refractivity (Wildman–Crippen MR) is 111 cm³/mol. The molecule has 0 spiro atoms. The van der Waals surface area contributed by atoms with Crippen molar-refractivity contribution in [3.05, 3.63) is 47.3 Å². The van der Waals surface area contributed by atoms with Crippen LogP contribution in [-0.4, -0.2) is 49.4 Å². The van der Waals surface area contributed by atoms with Crippen molar-refractivity contribution in [3.63, 3.8) is 0 Å². The zero-order valence-corrected chi connectivity index (χ0v) is 17.5. The monoisotopic (exact) mass is 393 g/mol. The topological polar surface area (TPSA) is 81.9 Å². The quantitative estimate of drug-likeness (QED) is 0.659. The highest BCUT2D eigenvalue weighted by Crippen LogP contribution is 2.22. The summed E-state index contributed by atoms with van der Waals surface area (Å²) in [5.41, 5.74) is 4.02. The molecule has 0 unspecified atom stereocenters. The van der Waals surface area contributed by atoms with Crippen molar-refractivity contribution >= 4 is 5.95 Å². The van der Waals surface area contributed by atoms with E-state index in [-0.39, 0.29) is 0 Å². The van der Waals surface area contributed by atoms with Gasteiger partial charge >= 0.3 is 0 Å². The third-order valence-electron chi connectivity index (χ3n) is 5.19. The van der Waals surface area contributed by atoms with Gasteiger partial charge in [-0.25, -0.2) is 24.6 Å². The van der Waals surface area contributed by atoms with Crippen molar-refractivity contribution in [1.82, 2.24) is 29.7 Å². The van der Waals surface area contributed by atoms with E-state index in [9.17, 15) is 0 Å². The minimum atomic E-state index is 0.490.